The second-order valence-corrected chi connectivity index (χ2v) is 7.56. The first kappa shape index (κ1) is 11.0. The van der Waals surface area contributed by atoms with E-state index in [-0.39, 0.29) is 5.56 Å². The van der Waals surface area contributed by atoms with Crippen LogP contribution in [0.25, 0.3) is 9.53 Å². The predicted octanol–water partition coefficient (Wildman–Crippen LogP) is 0.823. The van der Waals surface area contributed by atoms with Gasteiger partial charge >= 0.3 is 102 Å². The summed E-state index contributed by atoms with van der Waals surface area (Å²) >= 11 is 5.90. The Morgan fingerprint density at radius 3 is 2.67 bits per heavy atom. The Balaban J connectivity index is 2.94. The van der Waals surface area contributed by atoms with E-state index in [4.69, 9.17) is 0 Å². The molecule has 0 radical (unpaired) electrons. The molecular weight excluding hydrogens is 297 g/mol. The van der Waals surface area contributed by atoms with E-state index in [9.17, 15) is 4.79 Å². The number of aromatic nitrogens is 2. The molecule has 0 aliphatic carbocycles. The van der Waals surface area contributed by atoms with Gasteiger partial charge in [-0.2, -0.15) is 0 Å². The van der Waals surface area contributed by atoms with Crippen LogP contribution in [0.4, 0.5) is 5.95 Å². The van der Waals surface area contributed by atoms with Gasteiger partial charge in [-0.25, -0.2) is 0 Å². The zero-order valence-corrected chi connectivity index (χ0v) is 11.8. The van der Waals surface area contributed by atoms with Gasteiger partial charge in [-0.15, -0.1) is 0 Å². The van der Waals surface area contributed by atoms with Crippen molar-refractivity contribution in [3.05, 3.63) is 13.0 Å². The molecule has 0 aliphatic heterocycles. The predicted molar refractivity (Wildman–Crippen MR) is 66.1 cm³/mol. The van der Waals surface area contributed by atoms with Crippen LogP contribution in [0.1, 0.15) is 0 Å². The Hall–Kier alpha value is -0.491. The molecule has 7 heteroatoms. The van der Waals surface area contributed by atoms with Crippen molar-refractivity contribution in [3.8, 4) is 0 Å². The van der Waals surface area contributed by atoms with E-state index in [1.165, 1.54) is 22.7 Å². The van der Waals surface area contributed by atoms with Gasteiger partial charge in [0.1, 0.15) is 0 Å². The van der Waals surface area contributed by atoms with E-state index in [1.807, 2.05) is 19.0 Å². The van der Waals surface area contributed by atoms with Crippen molar-refractivity contribution in [2.45, 2.75) is 0 Å². The minimum atomic E-state index is 0.0199. The molecule has 0 aromatic carbocycles. The monoisotopic (exact) mass is 307 g/mol. The van der Waals surface area contributed by atoms with Gasteiger partial charge in [0, 0.05) is 0 Å². The Bertz CT molecular complexity index is 625. The van der Waals surface area contributed by atoms with Crippen molar-refractivity contribution >= 4 is 53.7 Å². The summed E-state index contributed by atoms with van der Waals surface area (Å²) in [6.07, 6.45) is 0. The molecule has 0 atom stereocenters. The molecular formula is C8H9N3OS2Se. The van der Waals surface area contributed by atoms with E-state index in [1.54, 1.807) is 11.6 Å². The molecule has 2 rings (SSSR count). The summed E-state index contributed by atoms with van der Waals surface area (Å²) in [6, 6.07) is 0. The number of hydrogen-bond donors (Lipinski definition) is 0. The normalized spacial score (nSPS) is 10.9. The van der Waals surface area contributed by atoms with Gasteiger partial charge in [0.2, 0.25) is 0 Å². The molecule has 0 unspecified atom stereocenters. The van der Waals surface area contributed by atoms with Crippen LogP contribution in [-0.4, -0.2) is 39.2 Å². The zero-order chi connectivity index (χ0) is 11.2. The summed E-state index contributed by atoms with van der Waals surface area (Å²) in [5.41, 5.74) is 0.0199. The number of nitrogens with zero attached hydrogens (tertiary/aromatic N) is 3. The fourth-order valence-electron chi connectivity index (χ4n) is 1.29. The van der Waals surface area contributed by atoms with Crippen LogP contribution in [0.15, 0.2) is 4.79 Å². The van der Waals surface area contributed by atoms with Crippen LogP contribution >= 0.6 is 22.7 Å². The van der Waals surface area contributed by atoms with Crippen LogP contribution in [0.5, 0.6) is 0 Å². The molecule has 0 bridgehead atoms. The van der Waals surface area contributed by atoms with Crippen molar-refractivity contribution < 1.29 is 0 Å². The Morgan fingerprint density at radius 1 is 1.40 bits per heavy atom. The molecule has 0 saturated carbocycles. The maximum absolute atomic E-state index is 12.0. The van der Waals surface area contributed by atoms with Gasteiger partial charge in [-0.3, -0.25) is 0 Å². The van der Waals surface area contributed by atoms with Gasteiger partial charge < -0.3 is 0 Å². The molecule has 2 aromatic heterocycles. The van der Waals surface area contributed by atoms with Crippen LogP contribution in [0.3, 0.4) is 0 Å². The average molecular weight is 306 g/mol. The quantitative estimate of drug-likeness (QED) is 0.732. The second-order valence-electron chi connectivity index (χ2n) is 3.26. The third-order valence-electron chi connectivity index (χ3n) is 1.96. The fourth-order valence-corrected chi connectivity index (χ4v) is 4.20. The molecule has 80 valence electrons. The SMILES string of the molecule is CN(C)c1nc2sc(=[Se])sc2c(=O)n1C. The topological polar surface area (TPSA) is 38.1 Å². The molecule has 0 N–H and O–H groups in total. The van der Waals surface area contributed by atoms with Gasteiger partial charge in [0.15, 0.2) is 0 Å². The third-order valence-corrected chi connectivity index (χ3v) is 5.03. The number of anilines is 1. The summed E-state index contributed by atoms with van der Waals surface area (Å²) < 4.78 is 3.33. The van der Waals surface area contributed by atoms with E-state index in [0.717, 1.165) is 12.2 Å². The molecule has 2 aromatic rings. The summed E-state index contributed by atoms with van der Waals surface area (Å²) in [6.45, 7) is 0. The molecule has 2 heterocycles. The third kappa shape index (κ3) is 1.80. The van der Waals surface area contributed by atoms with E-state index < -0.39 is 0 Å². The molecule has 4 nitrogen and oxygen atoms in total. The summed E-state index contributed by atoms with van der Waals surface area (Å²) in [5, 5.41) is 0. The molecule has 15 heavy (non-hydrogen) atoms. The van der Waals surface area contributed by atoms with Crippen LogP contribution in [0.2, 0.25) is 0 Å². The molecule has 0 aliphatic rings. The zero-order valence-electron chi connectivity index (χ0n) is 8.47. The van der Waals surface area contributed by atoms with Crippen molar-refractivity contribution in [2.75, 3.05) is 19.0 Å². The molecule has 0 saturated heterocycles. The first-order valence-corrected chi connectivity index (χ1v) is 6.67. The van der Waals surface area contributed by atoms with E-state index in [2.05, 4.69) is 20.6 Å². The fraction of sp³-hybridized carbons (Fsp3) is 0.375. The van der Waals surface area contributed by atoms with Crippen molar-refractivity contribution in [1.82, 2.24) is 9.55 Å². The molecule has 0 fully saturated rings. The average Bonchev–Trinajstić information content (AvgIpc) is 2.52. The van der Waals surface area contributed by atoms with Crippen LogP contribution < -0.4 is 10.5 Å². The van der Waals surface area contributed by atoms with Gasteiger partial charge in [0.25, 0.3) is 0 Å². The Labute approximate surface area is 102 Å². The Kier molecular flexibility index (Phi) is 2.81. The molecule has 0 amide bonds. The van der Waals surface area contributed by atoms with Crippen LogP contribution in [0, 0.1) is 2.69 Å². The van der Waals surface area contributed by atoms with Crippen molar-refractivity contribution in [3.63, 3.8) is 0 Å². The number of rotatable bonds is 1. The summed E-state index contributed by atoms with van der Waals surface area (Å²) in [7, 11) is 5.50. The standard InChI is InChI=1S/C8H9N3OS2Se/c1-10(2)7-9-5-4(6(12)11(7)3)13-8(15)14-5/h1-3H3. The van der Waals surface area contributed by atoms with Crippen molar-refractivity contribution in [1.29, 1.82) is 0 Å². The second kappa shape index (κ2) is 3.82. The summed E-state index contributed by atoms with van der Waals surface area (Å²) in [4.78, 5) is 19.1. The Morgan fingerprint density at radius 2 is 2.07 bits per heavy atom. The van der Waals surface area contributed by atoms with Gasteiger partial charge in [-0.1, -0.05) is 0 Å². The van der Waals surface area contributed by atoms with Gasteiger partial charge in [-0.05, 0) is 0 Å². The van der Waals surface area contributed by atoms with E-state index in [0.29, 0.717) is 5.95 Å². The van der Waals surface area contributed by atoms with Crippen LogP contribution in [-0.2, 0) is 7.05 Å². The number of fused-ring (bicyclic) bond motifs is 1. The molecule has 0 spiro atoms. The first-order valence-electron chi connectivity index (χ1n) is 4.18. The summed E-state index contributed by atoms with van der Waals surface area (Å²) in [5.74, 6) is 0.682. The van der Waals surface area contributed by atoms with E-state index >= 15 is 0 Å². The minimum absolute atomic E-state index is 0.0199. The number of hydrogen-bond acceptors (Lipinski definition) is 5. The van der Waals surface area contributed by atoms with Gasteiger partial charge in [0.05, 0.1) is 0 Å². The first-order chi connectivity index (χ1) is 7.00. The maximum atomic E-state index is 12.0. The van der Waals surface area contributed by atoms with Crippen molar-refractivity contribution in [2.24, 2.45) is 7.05 Å².